The number of hydrogen-bond donors (Lipinski definition) is 1. The van der Waals surface area contributed by atoms with Crippen LogP contribution in [0.2, 0.25) is 5.02 Å². The molecule has 0 atom stereocenters. The summed E-state index contributed by atoms with van der Waals surface area (Å²) in [6, 6.07) is 21.9. The molecule has 5 heteroatoms. The Kier molecular flexibility index (Phi) is 6.40. The summed E-state index contributed by atoms with van der Waals surface area (Å²) in [6.07, 6.45) is 0. The van der Waals surface area contributed by atoms with E-state index >= 15 is 0 Å². The maximum absolute atomic E-state index is 6.18. The van der Waals surface area contributed by atoms with Crippen LogP contribution in [0.25, 0.3) is 0 Å². The first kappa shape index (κ1) is 18.3. The summed E-state index contributed by atoms with van der Waals surface area (Å²) < 4.78 is 7.76. The first-order valence-electron chi connectivity index (χ1n) is 7.76. The van der Waals surface area contributed by atoms with Crippen molar-refractivity contribution in [3.8, 4) is 5.75 Å². The highest BCUT2D eigenvalue weighted by Crippen LogP contribution is 2.36. The van der Waals surface area contributed by atoms with Crippen molar-refractivity contribution in [2.75, 3.05) is 5.32 Å². The van der Waals surface area contributed by atoms with E-state index in [1.165, 1.54) is 0 Å². The number of rotatable bonds is 6. The lowest BCUT2D eigenvalue weighted by Gasteiger charge is -2.14. The molecule has 3 aromatic rings. The van der Waals surface area contributed by atoms with Gasteiger partial charge in [-0.15, -0.1) is 0 Å². The Bertz CT molecular complexity index is 832. The van der Waals surface area contributed by atoms with Crippen LogP contribution in [0.15, 0.2) is 75.7 Å². The van der Waals surface area contributed by atoms with Gasteiger partial charge in [0.05, 0.1) is 8.95 Å². The molecule has 3 rings (SSSR count). The van der Waals surface area contributed by atoms with Crippen molar-refractivity contribution in [1.82, 2.24) is 0 Å². The first-order chi connectivity index (χ1) is 12.1. The minimum atomic E-state index is 0.415. The third-order valence-electron chi connectivity index (χ3n) is 3.66. The zero-order valence-electron chi connectivity index (χ0n) is 13.3. The van der Waals surface area contributed by atoms with Crippen LogP contribution < -0.4 is 10.1 Å². The highest BCUT2D eigenvalue weighted by molar-refractivity contribution is 9.11. The van der Waals surface area contributed by atoms with E-state index in [1.54, 1.807) is 0 Å². The minimum absolute atomic E-state index is 0.415. The minimum Gasteiger partial charge on any atom is -0.486 e. The van der Waals surface area contributed by atoms with Crippen LogP contribution in [0.5, 0.6) is 5.75 Å². The van der Waals surface area contributed by atoms with Gasteiger partial charge < -0.3 is 10.1 Å². The summed E-state index contributed by atoms with van der Waals surface area (Å²) in [5.41, 5.74) is 3.19. The lowest BCUT2D eigenvalue weighted by atomic mass is 10.2. The molecule has 0 amide bonds. The highest BCUT2D eigenvalue weighted by atomic mass is 79.9. The molecule has 0 aliphatic rings. The van der Waals surface area contributed by atoms with Crippen LogP contribution >= 0.6 is 43.5 Å². The van der Waals surface area contributed by atoms with Gasteiger partial charge in [0.2, 0.25) is 0 Å². The Hall–Kier alpha value is -1.49. The largest absolute Gasteiger partial charge is 0.486 e. The molecule has 0 unspecified atom stereocenters. The van der Waals surface area contributed by atoms with Crippen LogP contribution in [-0.2, 0) is 13.2 Å². The molecule has 0 fully saturated rings. The van der Waals surface area contributed by atoms with Crippen molar-refractivity contribution in [2.45, 2.75) is 13.2 Å². The second-order valence-corrected chi connectivity index (χ2v) is 7.60. The lowest BCUT2D eigenvalue weighted by Crippen LogP contribution is -2.01. The van der Waals surface area contributed by atoms with E-state index in [4.69, 9.17) is 16.3 Å². The molecule has 0 saturated carbocycles. The van der Waals surface area contributed by atoms with Crippen LogP contribution in [-0.4, -0.2) is 0 Å². The van der Waals surface area contributed by atoms with E-state index in [-0.39, 0.29) is 0 Å². The van der Waals surface area contributed by atoms with Crippen LogP contribution in [0.4, 0.5) is 5.69 Å². The summed E-state index contributed by atoms with van der Waals surface area (Å²) in [5, 5.41) is 4.11. The fraction of sp³-hybridized carbons (Fsp3) is 0.100. The quantitative estimate of drug-likeness (QED) is 0.407. The average molecular weight is 482 g/mol. The number of nitrogens with one attached hydrogen (secondary N) is 1. The molecular formula is C20H16Br2ClNO. The fourth-order valence-corrected chi connectivity index (χ4v) is 4.08. The molecule has 0 heterocycles. The van der Waals surface area contributed by atoms with Gasteiger partial charge in [0.15, 0.2) is 0 Å². The number of hydrogen-bond acceptors (Lipinski definition) is 2. The zero-order chi connectivity index (χ0) is 17.6. The van der Waals surface area contributed by atoms with Gasteiger partial charge >= 0.3 is 0 Å². The fourth-order valence-electron chi connectivity index (χ4n) is 2.38. The second kappa shape index (κ2) is 8.75. The molecular weight excluding hydrogens is 465 g/mol. The number of benzene rings is 3. The summed E-state index contributed by atoms with van der Waals surface area (Å²) in [5.74, 6) is 0.767. The smallest absolute Gasteiger partial charge is 0.148 e. The van der Waals surface area contributed by atoms with Crippen LogP contribution in [0.3, 0.4) is 0 Å². The average Bonchev–Trinajstić information content (AvgIpc) is 2.61. The van der Waals surface area contributed by atoms with Crippen molar-refractivity contribution >= 4 is 49.1 Å². The molecule has 0 aliphatic heterocycles. The Labute approximate surface area is 169 Å². The zero-order valence-corrected chi connectivity index (χ0v) is 17.2. The topological polar surface area (TPSA) is 21.3 Å². The molecule has 1 N–H and O–H groups in total. The van der Waals surface area contributed by atoms with Crippen molar-refractivity contribution in [3.05, 3.63) is 91.8 Å². The number of ether oxygens (including phenoxy) is 1. The van der Waals surface area contributed by atoms with E-state index in [2.05, 4.69) is 49.3 Å². The van der Waals surface area contributed by atoms with Gasteiger partial charge in [-0.05, 0) is 67.8 Å². The SMILES string of the molecule is Clc1ccccc1COc1c(Br)cc(CNc2ccccc2)cc1Br. The molecule has 0 spiro atoms. The Balaban J connectivity index is 1.68. The summed E-state index contributed by atoms with van der Waals surface area (Å²) in [4.78, 5) is 0. The molecule has 128 valence electrons. The van der Waals surface area contributed by atoms with E-state index in [0.717, 1.165) is 38.1 Å². The van der Waals surface area contributed by atoms with Crippen molar-refractivity contribution in [3.63, 3.8) is 0 Å². The number of anilines is 1. The molecule has 25 heavy (non-hydrogen) atoms. The van der Waals surface area contributed by atoms with Crippen LogP contribution in [0, 0.1) is 0 Å². The molecule has 0 aromatic heterocycles. The van der Waals surface area contributed by atoms with E-state index in [1.807, 2.05) is 54.6 Å². The third-order valence-corrected chi connectivity index (χ3v) is 5.21. The maximum atomic E-state index is 6.18. The standard InChI is InChI=1S/C20H16Br2ClNO/c21-17-10-14(12-24-16-7-2-1-3-8-16)11-18(22)20(17)25-13-15-6-4-5-9-19(15)23/h1-11,24H,12-13H2. The van der Waals surface area contributed by atoms with Crippen molar-refractivity contribution in [2.24, 2.45) is 0 Å². The maximum Gasteiger partial charge on any atom is 0.148 e. The van der Waals surface area contributed by atoms with Gasteiger partial charge in [-0.1, -0.05) is 48.0 Å². The Morgan fingerprint density at radius 1 is 0.880 bits per heavy atom. The van der Waals surface area contributed by atoms with Gasteiger partial charge in [0.25, 0.3) is 0 Å². The second-order valence-electron chi connectivity index (χ2n) is 5.49. The van der Waals surface area contributed by atoms with E-state index in [0.29, 0.717) is 11.6 Å². The molecule has 0 saturated heterocycles. The third kappa shape index (κ3) is 5.00. The van der Waals surface area contributed by atoms with Gasteiger partial charge in [0.1, 0.15) is 12.4 Å². The Morgan fingerprint density at radius 3 is 2.20 bits per heavy atom. The highest BCUT2D eigenvalue weighted by Gasteiger charge is 2.10. The van der Waals surface area contributed by atoms with Crippen molar-refractivity contribution < 1.29 is 4.74 Å². The predicted molar refractivity (Wildman–Crippen MR) is 111 cm³/mol. The van der Waals surface area contributed by atoms with E-state index < -0.39 is 0 Å². The molecule has 0 aliphatic carbocycles. The van der Waals surface area contributed by atoms with Crippen molar-refractivity contribution in [1.29, 1.82) is 0 Å². The number of para-hydroxylation sites is 1. The molecule has 3 aromatic carbocycles. The summed E-state index contributed by atoms with van der Waals surface area (Å²) in [7, 11) is 0. The Morgan fingerprint density at radius 2 is 1.52 bits per heavy atom. The lowest BCUT2D eigenvalue weighted by molar-refractivity contribution is 0.302. The molecule has 0 radical (unpaired) electrons. The van der Waals surface area contributed by atoms with Gasteiger partial charge in [-0.25, -0.2) is 0 Å². The summed E-state index contributed by atoms with van der Waals surface area (Å²) in [6.45, 7) is 1.14. The van der Waals surface area contributed by atoms with E-state index in [9.17, 15) is 0 Å². The predicted octanol–water partition coefficient (Wildman–Crippen LogP) is 7.06. The molecule has 0 bridgehead atoms. The van der Waals surface area contributed by atoms with Gasteiger partial charge in [-0.3, -0.25) is 0 Å². The molecule has 2 nitrogen and oxygen atoms in total. The monoisotopic (exact) mass is 479 g/mol. The summed E-state index contributed by atoms with van der Waals surface area (Å²) >= 11 is 13.4. The van der Waals surface area contributed by atoms with Gasteiger partial charge in [0, 0.05) is 22.8 Å². The normalized spacial score (nSPS) is 10.5. The first-order valence-corrected chi connectivity index (χ1v) is 9.73. The number of halogens is 3. The van der Waals surface area contributed by atoms with Gasteiger partial charge in [-0.2, -0.15) is 0 Å². The van der Waals surface area contributed by atoms with Crippen LogP contribution in [0.1, 0.15) is 11.1 Å².